The molecule has 0 radical (unpaired) electrons. The summed E-state index contributed by atoms with van der Waals surface area (Å²) in [6.45, 7) is 7.76. The number of hydrogen-bond acceptors (Lipinski definition) is 2. The molecule has 3 N–H and O–H groups in total. The van der Waals surface area contributed by atoms with E-state index in [2.05, 4.69) is 37.1 Å². The first kappa shape index (κ1) is 14.4. The second-order valence-electron chi connectivity index (χ2n) is 5.46. The van der Waals surface area contributed by atoms with Crippen molar-refractivity contribution < 1.29 is 4.42 Å². The number of hydrogen-bond donors (Lipinski definition) is 2. The second-order valence-corrected chi connectivity index (χ2v) is 5.46. The molecule has 0 spiro atoms. The lowest BCUT2D eigenvalue weighted by Gasteiger charge is -2.07. The van der Waals surface area contributed by atoms with Gasteiger partial charge in [0.05, 0.1) is 0 Å². The molecule has 2 rings (SSSR count). The zero-order valence-corrected chi connectivity index (χ0v) is 12.4. The van der Waals surface area contributed by atoms with E-state index in [0.29, 0.717) is 18.4 Å². The number of nitrogens with zero attached hydrogens (tertiary/aromatic N) is 1. The van der Waals surface area contributed by atoms with Gasteiger partial charge in [-0.1, -0.05) is 32.0 Å². The predicted octanol–water partition coefficient (Wildman–Crippen LogP) is 3.19. The number of rotatable bonds is 5. The van der Waals surface area contributed by atoms with Gasteiger partial charge in [-0.05, 0) is 25.3 Å². The first-order chi connectivity index (χ1) is 9.58. The summed E-state index contributed by atoms with van der Waals surface area (Å²) < 4.78 is 5.80. The minimum Gasteiger partial charge on any atom is -0.459 e. The van der Waals surface area contributed by atoms with Crippen LogP contribution in [0.15, 0.2) is 33.7 Å². The molecule has 1 heterocycles. The van der Waals surface area contributed by atoms with Crippen LogP contribution in [0.5, 0.6) is 0 Å². The van der Waals surface area contributed by atoms with Gasteiger partial charge in [0.15, 0.2) is 5.96 Å². The van der Waals surface area contributed by atoms with Crippen LogP contribution < -0.4 is 11.1 Å². The van der Waals surface area contributed by atoms with E-state index < -0.39 is 0 Å². The zero-order chi connectivity index (χ0) is 14.5. The first-order valence-corrected chi connectivity index (χ1v) is 7.08. The number of aliphatic imine (C=N–C) groups is 1. The Hall–Kier alpha value is -1.97. The Balaban J connectivity index is 1.99. The van der Waals surface area contributed by atoms with Crippen LogP contribution in [-0.2, 0) is 6.54 Å². The van der Waals surface area contributed by atoms with Crippen molar-refractivity contribution in [1.29, 1.82) is 0 Å². The number of guanidine groups is 1. The molecule has 0 saturated carbocycles. The molecular weight excluding hydrogens is 250 g/mol. The van der Waals surface area contributed by atoms with Crippen molar-refractivity contribution in [3.63, 3.8) is 0 Å². The topological polar surface area (TPSA) is 63.5 Å². The molecule has 0 atom stereocenters. The van der Waals surface area contributed by atoms with Gasteiger partial charge in [0, 0.05) is 17.5 Å². The van der Waals surface area contributed by atoms with Crippen LogP contribution >= 0.6 is 0 Å². The van der Waals surface area contributed by atoms with Crippen LogP contribution in [0.4, 0.5) is 0 Å². The third-order valence-electron chi connectivity index (χ3n) is 3.36. The fraction of sp³-hybridized carbons (Fsp3) is 0.438. The fourth-order valence-corrected chi connectivity index (χ4v) is 2.08. The van der Waals surface area contributed by atoms with E-state index in [9.17, 15) is 0 Å². The van der Waals surface area contributed by atoms with E-state index in [1.54, 1.807) is 0 Å². The summed E-state index contributed by atoms with van der Waals surface area (Å²) in [7, 11) is 0. The molecule has 2 aromatic rings. The highest BCUT2D eigenvalue weighted by Gasteiger charge is 2.09. The van der Waals surface area contributed by atoms with Crippen molar-refractivity contribution in [2.45, 2.75) is 33.7 Å². The van der Waals surface area contributed by atoms with Crippen molar-refractivity contribution in [3.05, 3.63) is 35.6 Å². The standard InChI is InChI=1S/C16H23N3O/c1-11(2)8-9-18-16(17)19-10-15-12(3)13-6-4-5-7-14(13)20-15/h4-7,11H,8-10H2,1-3H3,(H3,17,18,19). The Morgan fingerprint density at radius 1 is 1.35 bits per heavy atom. The number of aryl methyl sites for hydroxylation is 1. The maximum Gasteiger partial charge on any atom is 0.189 e. The van der Waals surface area contributed by atoms with Crippen LogP contribution in [-0.4, -0.2) is 12.5 Å². The lowest BCUT2D eigenvalue weighted by Crippen LogP contribution is -2.32. The van der Waals surface area contributed by atoms with Gasteiger partial charge in [-0.2, -0.15) is 0 Å². The van der Waals surface area contributed by atoms with E-state index in [-0.39, 0.29) is 0 Å². The molecule has 0 unspecified atom stereocenters. The number of fused-ring (bicyclic) bond motifs is 1. The van der Waals surface area contributed by atoms with Crippen LogP contribution in [0.3, 0.4) is 0 Å². The lowest BCUT2D eigenvalue weighted by atomic mass is 10.1. The van der Waals surface area contributed by atoms with E-state index in [0.717, 1.165) is 35.3 Å². The molecule has 20 heavy (non-hydrogen) atoms. The molecule has 0 saturated heterocycles. The first-order valence-electron chi connectivity index (χ1n) is 7.08. The molecule has 4 nitrogen and oxygen atoms in total. The molecule has 4 heteroatoms. The summed E-state index contributed by atoms with van der Waals surface area (Å²) in [5, 5.41) is 4.27. The molecule has 0 amide bonds. The summed E-state index contributed by atoms with van der Waals surface area (Å²) in [5.74, 6) is 2.01. The number of para-hydroxylation sites is 1. The summed E-state index contributed by atoms with van der Waals surface area (Å²) in [6.07, 6.45) is 1.08. The highest BCUT2D eigenvalue weighted by molar-refractivity contribution is 5.82. The van der Waals surface area contributed by atoms with E-state index >= 15 is 0 Å². The van der Waals surface area contributed by atoms with E-state index in [1.807, 2.05) is 18.2 Å². The molecule has 108 valence electrons. The zero-order valence-electron chi connectivity index (χ0n) is 12.4. The summed E-state index contributed by atoms with van der Waals surface area (Å²) in [5.41, 5.74) is 7.89. The lowest BCUT2D eigenvalue weighted by molar-refractivity contribution is 0.547. The van der Waals surface area contributed by atoms with Gasteiger partial charge in [0.1, 0.15) is 17.9 Å². The summed E-state index contributed by atoms with van der Waals surface area (Å²) >= 11 is 0. The molecule has 1 aromatic carbocycles. The molecule has 0 aliphatic heterocycles. The van der Waals surface area contributed by atoms with Gasteiger partial charge >= 0.3 is 0 Å². The Kier molecular flexibility index (Phi) is 4.66. The molecule has 0 fully saturated rings. The van der Waals surface area contributed by atoms with Crippen molar-refractivity contribution in [1.82, 2.24) is 5.32 Å². The second kappa shape index (κ2) is 6.46. The maximum absolute atomic E-state index is 5.85. The fourth-order valence-electron chi connectivity index (χ4n) is 2.08. The molecule has 0 aliphatic rings. The van der Waals surface area contributed by atoms with Crippen LogP contribution in [0.2, 0.25) is 0 Å². The van der Waals surface area contributed by atoms with Crippen molar-refractivity contribution in [2.75, 3.05) is 6.54 Å². The SMILES string of the molecule is Cc1c(CN=C(N)NCCC(C)C)oc2ccccc12. The van der Waals surface area contributed by atoms with Gasteiger partial charge in [0.2, 0.25) is 0 Å². The van der Waals surface area contributed by atoms with Gasteiger partial charge in [-0.15, -0.1) is 0 Å². The number of nitrogens with two attached hydrogens (primary N) is 1. The largest absolute Gasteiger partial charge is 0.459 e. The maximum atomic E-state index is 5.85. The molecule has 1 aromatic heterocycles. The monoisotopic (exact) mass is 273 g/mol. The Labute approximate surface area is 120 Å². The van der Waals surface area contributed by atoms with Gasteiger partial charge in [0.25, 0.3) is 0 Å². The summed E-state index contributed by atoms with van der Waals surface area (Å²) in [6, 6.07) is 8.02. The molecule has 0 bridgehead atoms. The van der Waals surface area contributed by atoms with E-state index in [1.165, 1.54) is 0 Å². The normalized spacial score (nSPS) is 12.3. The third-order valence-corrected chi connectivity index (χ3v) is 3.36. The number of nitrogens with one attached hydrogen (secondary N) is 1. The molecular formula is C16H23N3O. The van der Waals surface area contributed by atoms with Crippen molar-refractivity contribution in [2.24, 2.45) is 16.6 Å². The Bertz CT molecular complexity index is 599. The van der Waals surface area contributed by atoms with Crippen molar-refractivity contribution >= 4 is 16.9 Å². The minimum atomic E-state index is 0.473. The van der Waals surface area contributed by atoms with E-state index in [4.69, 9.17) is 10.2 Å². The number of benzene rings is 1. The highest BCUT2D eigenvalue weighted by atomic mass is 16.3. The van der Waals surface area contributed by atoms with Gasteiger partial charge < -0.3 is 15.5 Å². The number of furan rings is 1. The van der Waals surface area contributed by atoms with Crippen LogP contribution in [0.1, 0.15) is 31.6 Å². The van der Waals surface area contributed by atoms with Crippen LogP contribution in [0.25, 0.3) is 11.0 Å². The van der Waals surface area contributed by atoms with Gasteiger partial charge in [-0.25, -0.2) is 4.99 Å². The average Bonchev–Trinajstić information content (AvgIpc) is 2.73. The van der Waals surface area contributed by atoms with Gasteiger partial charge in [-0.3, -0.25) is 0 Å². The highest BCUT2D eigenvalue weighted by Crippen LogP contribution is 2.25. The predicted molar refractivity (Wildman–Crippen MR) is 83.7 cm³/mol. The van der Waals surface area contributed by atoms with Crippen molar-refractivity contribution in [3.8, 4) is 0 Å². The summed E-state index contributed by atoms with van der Waals surface area (Å²) in [4.78, 5) is 4.34. The third kappa shape index (κ3) is 3.53. The molecule has 0 aliphatic carbocycles. The quantitative estimate of drug-likeness (QED) is 0.649. The smallest absolute Gasteiger partial charge is 0.189 e. The average molecular weight is 273 g/mol. The Morgan fingerprint density at radius 2 is 2.10 bits per heavy atom. The minimum absolute atomic E-state index is 0.473. The van der Waals surface area contributed by atoms with Crippen LogP contribution in [0, 0.1) is 12.8 Å². The Morgan fingerprint density at radius 3 is 2.80 bits per heavy atom.